The van der Waals surface area contributed by atoms with Crippen LogP contribution in [0.2, 0.25) is 0 Å². The highest BCUT2D eigenvalue weighted by atomic mass is 16.5. The highest BCUT2D eigenvalue weighted by Crippen LogP contribution is 2.25. The number of hydrogen-bond donors (Lipinski definition) is 0. The Morgan fingerprint density at radius 1 is 1.18 bits per heavy atom. The lowest BCUT2D eigenvalue weighted by atomic mass is 9.87. The van der Waals surface area contributed by atoms with Crippen molar-refractivity contribution in [1.82, 2.24) is 4.90 Å². The van der Waals surface area contributed by atoms with Gasteiger partial charge in [0.2, 0.25) is 5.91 Å². The van der Waals surface area contributed by atoms with Crippen LogP contribution in [-0.4, -0.2) is 42.9 Å². The van der Waals surface area contributed by atoms with E-state index in [9.17, 15) is 9.59 Å². The Hall–Kier alpha value is -0.900. The van der Waals surface area contributed by atoms with Crippen LogP contribution in [0.25, 0.3) is 0 Å². The summed E-state index contributed by atoms with van der Waals surface area (Å²) in [6.07, 6.45) is 4.52. The maximum atomic E-state index is 12.3. The number of hydrogen-bond acceptors (Lipinski definition) is 3. The number of ketones is 1. The minimum atomic E-state index is 0.0699. The van der Waals surface area contributed by atoms with Crippen LogP contribution >= 0.6 is 0 Å². The summed E-state index contributed by atoms with van der Waals surface area (Å²) in [4.78, 5) is 25.3. The molecule has 1 aliphatic carbocycles. The number of carbonyl (C=O) groups excluding carboxylic acids is 2. The lowest BCUT2D eigenvalue weighted by Gasteiger charge is -2.34. The van der Waals surface area contributed by atoms with E-state index in [4.69, 9.17) is 4.74 Å². The molecular formula is C13H21NO3. The minimum Gasteiger partial charge on any atom is -0.381 e. The van der Waals surface area contributed by atoms with Crippen LogP contribution in [0.5, 0.6) is 0 Å². The maximum absolute atomic E-state index is 12.3. The summed E-state index contributed by atoms with van der Waals surface area (Å²) in [5.41, 5.74) is 0. The van der Waals surface area contributed by atoms with E-state index in [1.165, 1.54) is 0 Å². The Bertz CT molecular complexity index is 287. The summed E-state index contributed by atoms with van der Waals surface area (Å²) in [7, 11) is 1.90. The van der Waals surface area contributed by atoms with Crippen LogP contribution in [0.3, 0.4) is 0 Å². The second kappa shape index (κ2) is 5.63. The first-order chi connectivity index (χ1) is 8.18. The molecule has 2 rings (SSSR count). The van der Waals surface area contributed by atoms with Gasteiger partial charge in [0, 0.05) is 45.1 Å². The zero-order valence-electron chi connectivity index (χ0n) is 10.5. The van der Waals surface area contributed by atoms with Gasteiger partial charge in [-0.25, -0.2) is 0 Å². The lowest BCUT2D eigenvalue weighted by molar-refractivity contribution is -0.139. The molecule has 1 amide bonds. The average Bonchev–Trinajstić information content (AvgIpc) is 2.39. The van der Waals surface area contributed by atoms with E-state index in [0.29, 0.717) is 24.7 Å². The molecule has 1 aliphatic heterocycles. The Balaban J connectivity index is 1.87. The third kappa shape index (κ3) is 3.06. The summed E-state index contributed by atoms with van der Waals surface area (Å²) in [6.45, 7) is 1.51. The largest absolute Gasteiger partial charge is 0.381 e. The molecule has 0 unspecified atom stereocenters. The van der Waals surface area contributed by atoms with Gasteiger partial charge in [0.1, 0.15) is 5.78 Å². The molecule has 0 N–H and O–H groups in total. The predicted octanol–water partition coefficient (Wildman–Crippen LogP) is 1.38. The average molecular weight is 239 g/mol. The monoisotopic (exact) mass is 239 g/mol. The van der Waals surface area contributed by atoms with Gasteiger partial charge in [-0.2, -0.15) is 0 Å². The van der Waals surface area contributed by atoms with Gasteiger partial charge >= 0.3 is 0 Å². The lowest BCUT2D eigenvalue weighted by Crippen LogP contribution is -2.44. The molecule has 2 fully saturated rings. The molecule has 4 nitrogen and oxygen atoms in total. The minimum absolute atomic E-state index is 0.0699. The van der Waals surface area contributed by atoms with E-state index in [2.05, 4.69) is 0 Å². The number of Topliss-reactive ketones (excluding diaryl/α,β-unsaturated/α-hetero) is 1. The first-order valence-corrected chi connectivity index (χ1v) is 6.54. The molecular weight excluding hydrogens is 218 g/mol. The fourth-order valence-corrected chi connectivity index (χ4v) is 2.73. The van der Waals surface area contributed by atoms with Crippen LogP contribution < -0.4 is 0 Å². The van der Waals surface area contributed by atoms with Crippen molar-refractivity contribution in [2.45, 2.75) is 44.6 Å². The van der Waals surface area contributed by atoms with Crippen molar-refractivity contribution in [3.8, 4) is 0 Å². The highest BCUT2D eigenvalue weighted by Gasteiger charge is 2.30. The van der Waals surface area contributed by atoms with Gasteiger partial charge in [0.05, 0.1) is 0 Å². The van der Waals surface area contributed by atoms with Gasteiger partial charge in [0.15, 0.2) is 0 Å². The van der Waals surface area contributed by atoms with Crippen molar-refractivity contribution in [3.05, 3.63) is 0 Å². The normalized spacial score (nSPS) is 23.7. The highest BCUT2D eigenvalue weighted by molar-refractivity contribution is 5.84. The zero-order chi connectivity index (χ0) is 12.3. The number of carbonyl (C=O) groups is 2. The van der Waals surface area contributed by atoms with Gasteiger partial charge < -0.3 is 9.64 Å². The van der Waals surface area contributed by atoms with Crippen LogP contribution in [0.1, 0.15) is 38.5 Å². The van der Waals surface area contributed by atoms with E-state index >= 15 is 0 Å². The van der Waals surface area contributed by atoms with Crippen molar-refractivity contribution >= 4 is 11.7 Å². The molecule has 0 aromatic rings. The number of nitrogens with zero attached hydrogens (tertiary/aromatic N) is 1. The molecule has 96 valence electrons. The first-order valence-electron chi connectivity index (χ1n) is 6.54. The van der Waals surface area contributed by atoms with Gasteiger partial charge in [0.25, 0.3) is 0 Å². The van der Waals surface area contributed by atoms with Crippen molar-refractivity contribution in [3.63, 3.8) is 0 Å². The number of ether oxygens (including phenoxy) is 1. The van der Waals surface area contributed by atoms with Gasteiger partial charge in [-0.3, -0.25) is 9.59 Å². The van der Waals surface area contributed by atoms with E-state index in [1.807, 2.05) is 11.9 Å². The van der Waals surface area contributed by atoms with Gasteiger partial charge in [-0.1, -0.05) is 0 Å². The van der Waals surface area contributed by atoms with E-state index in [0.717, 1.165) is 38.9 Å². The standard InChI is InChI=1S/C13H21NO3/c1-14(11-6-8-17-9-7-11)13(16)10-2-4-12(15)5-3-10/h10-11H,2-9H2,1H3. The second-order valence-electron chi connectivity index (χ2n) is 5.11. The summed E-state index contributed by atoms with van der Waals surface area (Å²) in [5, 5.41) is 0. The van der Waals surface area contributed by atoms with Crippen LogP contribution in [-0.2, 0) is 14.3 Å². The number of amides is 1. The molecule has 0 radical (unpaired) electrons. The second-order valence-corrected chi connectivity index (χ2v) is 5.11. The summed E-state index contributed by atoms with van der Waals surface area (Å²) >= 11 is 0. The predicted molar refractivity (Wildman–Crippen MR) is 63.6 cm³/mol. The zero-order valence-corrected chi connectivity index (χ0v) is 10.5. The molecule has 0 aromatic heterocycles. The van der Waals surface area contributed by atoms with E-state index in [-0.39, 0.29) is 11.8 Å². The molecule has 0 bridgehead atoms. The molecule has 2 aliphatic rings. The van der Waals surface area contributed by atoms with Crippen molar-refractivity contribution in [1.29, 1.82) is 0 Å². The third-order valence-corrected chi connectivity index (χ3v) is 3.98. The molecule has 0 aromatic carbocycles. The van der Waals surface area contributed by atoms with Gasteiger partial charge in [-0.05, 0) is 25.7 Å². The molecule has 1 saturated heterocycles. The summed E-state index contributed by atoms with van der Waals surface area (Å²) in [6, 6.07) is 0.328. The third-order valence-electron chi connectivity index (χ3n) is 3.98. The molecule has 0 spiro atoms. The first kappa shape index (κ1) is 12.6. The molecule has 1 saturated carbocycles. The van der Waals surface area contributed by atoms with Crippen molar-refractivity contribution in [2.75, 3.05) is 20.3 Å². The van der Waals surface area contributed by atoms with Crippen LogP contribution in [0.4, 0.5) is 0 Å². The number of rotatable bonds is 2. The van der Waals surface area contributed by atoms with Crippen LogP contribution in [0.15, 0.2) is 0 Å². The van der Waals surface area contributed by atoms with E-state index in [1.54, 1.807) is 0 Å². The Kier molecular flexibility index (Phi) is 4.15. The quantitative estimate of drug-likeness (QED) is 0.731. The fraction of sp³-hybridized carbons (Fsp3) is 0.846. The molecule has 4 heteroatoms. The van der Waals surface area contributed by atoms with Crippen LogP contribution in [0, 0.1) is 5.92 Å². The van der Waals surface area contributed by atoms with Crippen molar-refractivity contribution < 1.29 is 14.3 Å². The molecule has 17 heavy (non-hydrogen) atoms. The summed E-state index contributed by atoms with van der Waals surface area (Å²) < 4.78 is 5.31. The smallest absolute Gasteiger partial charge is 0.225 e. The fourth-order valence-electron chi connectivity index (χ4n) is 2.73. The topological polar surface area (TPSA) is 46.6 Å². The SMILES string of the molecule is CN(C(=O)C1CCC(=O)CC1)C1CCOCC1. The Morgan fingerprint density at radius 3 is 2.35 bits per heavy atom. The Morgan fingerprint density at radius 2 is 1.76 bits per heavy atom. The Labute approximate surface area is 102 Å². The summed E-state index contributed by atoms with van der Waals surface area (Å²) in [5.74, 6) is 0.604. The van der Waals surface area contributed by atoms with Gasteiger partial charge in [-0.15, -0.1) is 0 Å². The van der Waals surface area contributed by atoms with E-state index < -0.39 is 0 Å². The molecule has 0 atom stereocenters. The maximum Gasteiger partial charge on any atom is 0.225 e. The van der Waals surface area contributed by atoms with Crippen molar-refractivity contribution in [2.24, 2.45) is 5.92 Å². The molecule has 1 heterocycles.